The lowest BCUT2D eigenvalue weighted by atomic mass is 10.2. The molecule has 2 nitrogen and oxygen atoms in total. The van der Waals surface area contributed by atoms with Crippen molar-refractivity contribution in [2.75, 3.05) is 19.8 Å². The van der Waals surface area contributed by atoms with Gasteiger partial charge in [0.15, 0.2) is 0 Å². The molecule has 0 rings (SSSR count). The quantitative estimate of drug-likeness (QED) is 0.582. The molecule has 2 heteroatoms. The highest BCUT2D eigenvalue weighted by atomic mass is 16.5. The second-order valence-corrected chi connectivity index (χ2v) is 3.69. The van der Waals surface area contributed by atoms with Crippen LogP contribution < -0.4 is 0 Å². The summed E-state index contributed by atoms with van der Waals surface area (Å²) in [5.74, 6) is 0. The first-order valence-corrected chi connectivity index (χ1v) is 4.36. The van der Waals surface area contributed by atoms with Crippen LogP contribution in [0.1, 0.15) is 34.6 Å². The average Bonchev–Trinajstić information content (AvgIpc) is 1.88. The van der Waals surface area contributed by atoms with E-state index < -0.39 is 0 Å². The summed E-state index contributed by atoms with van der Waals surface area (Å²) in [6.07, 6.45) is 0. The molecule has 0 heterocycles. The molecule has 0 aliphatic rings. The molecule has 0 radical (unpaired) electrons. The Bertz CT molecular complexity index is 92.2. The predicted molar refractivity (Wildman–Crippen MR) is 48.6 cm³/mol. The highest BCUT2D eigenvalue weighted by molar-refractivity contribution is 4.58. The molecule has 0 amide bonds. The van der Waals surface area contributed by atoms with Gasteiger partial charge in [0, 0.05) is 0 Å². The Morgan fingerprint density at radius 2 is 1.55 bits per heavy atom. The number of rotatable bonds is 4. The molecule has 0 aliphatic heterocycles. The Morgan fingerprint density at radius 3 is 1.82 bits per heavy atom. The van der Waals surface area contributed by atoms with E-state index in [0.717, 1.165) is 19.8 Å². The summed E-state index contributed by atoms with van der Waals surface area (Å²) in [5, 5.41) is 0. The summed E-state index contributed by atoms with van der Waals surface area (Å²) in [7, 11) is 0. The van der Waals surface area contributed by atoms with Crippen molar-refractivity contribution in [1.82, 2.24) is 4.90 Å². The highest BCUT2D eigenvalue weighted by Crippen LogP contribution is 2.06. The van der Waals surface area contributed by atoms with Crippen molar-refractivity contribution in [3.63, 3.8) is 0 Å². The molecular formula is C9H21NO. The standard InChI is InChI=1S/C9H21NO/c1-6-10(7-2)8-11-9(3,4)5/h6-8H2,1-5H3. The van der Waals surface area contributed by atoms with E-state index in [4.69, 9.17) is 4.74 Å². The van der Waals surface area contributed by atoms with Gasteiger partial charge in [0.2, 0.25) is 0 Å². The van der Waals surface area contributed by atoms with Gasteiger partial charge in [-0.2, -0.15) is 0 Å². The zero-order chi connectivity index (χ0) is 8.91. The third-order valence-electron chi connectivity index (χ3n) is 1.57. The number of ether oxygens (including phenoxy) is 1. The molecule has 0 aromatic carbocycles. The molecular weight excluding hydrogens is 138 g/mol. The summed E-state index contributed by atoms with van der Waals surface area (Å²) in [6, 6.07) is 0. The average molecular weight is 159 g/mol. The van der Waals surface area contributed by atoms with Crippen molar-refractivity contribution < 1.29 is 4.74 Å². The van der Waals surface area contributed by atoms with Crippen molar-refractivity contribution in [3.8, 4) is 0 Å². The maximum Gasteiger partial charge on any atom is 0.0997 e. The smallest absolute Gasteiger partial charge is 0.0997 e. The monoisotopic (exact) mass is 159 g/mol. The predicted octanol–water partition coefficient (Wildman–Crippen LogP) is 2.10. The van der Waals surface area contributed by atoms with Gasteiger partial charge >= 0.3 is 0 Å². The van der Waals surface area contributed by atoms with Gasteiger partial charge in [-0.3, -0.25) is 4.90 Å². The van der Waals surface area contributed by atoms with Crippen molar-refractivity contribution in [2.45, 2.75) is 40.2 Å². The molecule has 68 valence electrons. The van der Waals surface area contributed by atoms with Crippen LogP contribution in [-0.2, 0) is 4.74 Å². The fourth-order valence-corrected chi connectivity index (χ4v) is 0.691. The zero-order valence-electron chi connectivity index (χ0n) is 8.48. The lowest BCUT2D eigenvalue weighted by Crippen LogP contribution is -2.31. The first-order valence-electron chi connectivity index (χ1n) is 4.36. The van der Waals surface area contributed by atoms with Crippen molar-refractivity contribution >= 4 is 0 Å². The summed E-state index contributed by atoms with van der Waals surface area (Å²) in [4.78, 5) is 2.26. The molecule has 0 fully saturated rings. The molecule has 0 saturated carbocycles. The topological polar surface area (TPSA) is 12.5 Å². The molecule has 0 saturated heterocycles. The summed E-state index contributed by atoms with van der Waals surface area (Å²) < 4.78 is 5.60. The first kappa shape index (κ1) is 10.9. The van der Waals surface area contributed by atoms with Gasteiger partial charge in [-0.05, 0) is 33.9 Å². The van der Waals surface area contributed by atoms with E-state index in [1.165, 1.54) is 0 Å². The van der Waals surface area contributed by atoms with Gasteiger partial charge in [-0.15, -0.1) is 0 Å². The SMILES string of the molecule is CCN(CC)COC(C)(C)C. The van der Waals surface area contributed by atoms with Crippen LogP contribution >= 0.6 is 0 Å². The Balaban J connectivity index is 3.51. The van der Waals surface area contributed by atoms with E-state index in [2.05, 4.69) is 39.5 Å². The van der Waals surface area contributed by atoms with E-state index in [-0.39, 0.29) is 5.60 Å². The van der Waals surface area contributed by atoms with Crippen LogP contribution in [0, 0.1) is 0 Å². The van der Waals surface area contributed by atoms with Crippen molar-refractivity contribution in [3.05, 3.63) is 0 Å². The molecule has 0 bridgehead atoms. The van der Waals surface area contributed by atoms with Crippen LogP contribution in [0.25, 0.3) is 0 Å². The van der Waals surface area contributed by atoms with E-state index >= 15 is 0 Å². The number of hydrogen-bond acceptors (Lipinski definition) is 2. The van der Waals surface area contributed by atoms with Crippen molar-refractivity contribution in [2.24, 2.45) is 0 Å². The lowest BCUT2D eigenvalue weighted by molar-refractivity contribution is -0.0604. The number of hydrogen-bond donors (Lipinski definition) is 0. The Hall–Kier alpha value is -0.0800. The van der Waals surface area contributed by atoms with Crippen LogP contribution in [0.15, 0.2) is 0 Å². The van der Waals surface area contributed by atoms with Crippen LogP contribution in [0.5, 0.6) is 0 Å². The molecule has 0 aliphatic carbocycles. The Kier molecular flexibility index (Phi) is 4.69. The Morgan fingerprint density at radius 1 is 1.09 bits per heavy atom. The molecule has 0 atom stereocenters. The minimum Gasteiger partial charge on any atom is -0.360 e. The largest absolute Gasteiger partial charge is 0.360 e. The molecule has 0 N–H and O–H groups in total. The minimum absolute atomic E-state index is 0.0113. The van der Waals surface area contributed by atoms with Gasteiger partial charge in [0.25, 0.3) is 0 Å². The third-order valence-corrected chi connectivity index (χ3v) is 1.57. The van der Waals surface area contributed by atoms with Crippen LogP contribution in [0.4, 0.5) is 0 Å². The summed E-state index contributed by atoms with van der Waals surface area (Å²) in [5.41, 5.74) is -0.0113. The molecule has 11 heavy (non-hydrogen) atoms. The maximum atomic E-state index is 5.60. The van der Waals surface area contributed by atoms with Crippen molar-refractivity contribution in [1.29, 1.82) is 0 Å². The van der Waals surface area contributed by atoms with Crippen LogP contribution in [0.2, 0.25) is 0 Å². The van der Waals surface area contributed by atoms with Gasteiger partial charge in [0.1, 0.15) is 0 Å². The third kappa shape index (κ3) is 6.32. The summed E-state index contributed by atoms with van der Waals surface area (Å²) >= 11 is 0. The van der Waals surface area contributed by atoms with Gasteiger partial charge in [0.05, 0.1) is 12.3 Å². The van der Waals surface area contributed by atoms with Gasteiger partial charge in [-0.25, -0.2) is 0 Å². The van der Waals surface area contributed by atoms with E-state index in [1.807, 2.05) is 0 Å². The second kappa shape index (κ2) is 4.73. The lowest BCUT2D eigenvalue weighted by Gasteiger charge is -2.25. The van der Waals surface area contributed by atoms with Crippen LogP contribution in [-0.4, -0.2) is 30.3 Å². The van der Waals surface area contributed by atoms with Gasteiger partial charge in [-0.1, -0.05) is 13.8 Å². The minimum atomic E-state index is -0.0113. The zero-order valence-corrected chi connectivity index (χ0v) is 8.48. The maximum absolute atomic E-state index is 5.60. The molecule has 0 spiro atoms. The fraction of sp³-hybridized carbons (Fsp3) is 1.00. The molecule has 0 unspecified atom stereocenters. The van der Waals surface area contributed by atoms with E-state index in [0.29, 0.717) is 0 Å². The number of nitrogens with zero attached hydrogens (tertiary/aromatic N) is 1. The highest BCUT2D eigenvalue weighted by Gasteiger charge is 2.10. The van der Waals surface area contributed by atoms with Crippen LogP contribution in [0.3, 0.4) is 0 Å². The van der Waals surface area contributed by atoms with E-state index in [9.17, 15) is 0 Å². The van der Waals surface area contributed by atoms with E-state index in [1.54, 1.807) is 0 Å². The van der Waals surface area contributed by atoms with Gasteiger partial charge < -0.3 is 4.74 Å². The normalized spacial score (nSPS) is 12.5. The fourth-order valence-electron chi connectivity index (χ4n) is 0.691. The second-order valence-electron chi connectivity index (χ2n) is 3.69. The Labute approximate surface area is 70.5 Å². The molecule has 0 aromatic heterocycles. The first-order chi connectivity index (χ1) is 4.99. The molecule has 0 aromatic rings. The summed E-state index contributed by atoms with van der Waals surface area (Å²) in [6.45, 7) is 13.4.